The van der Waals surface area contributed by atoms with E-state index >= 15 is 0 Å². The van der Waals surface area contributed by atoms with Crippen LogP contribution >= 0.6 is 22.9 Å². The highest BCUT2D eigenvalue weighted by atomic mass is 35.5. The number of rotatable bonds is 6. The number of nitrogens with zero attached hydrogens (tertiary/aromatic N) is 1. The molecule has 8 heteroatoms. The molecule has 0 aromatic carbocycles. The smallest absolute Gasteiger partial charge is 0.241 e. The Morgan fingerprint density at radius 3 is 3.12 bits per heavy atom. The van der Waals surface area contributed by atoms with Gasteiger partial charge in [-0.1, -0.05) is 0 Å². The highest BCUT2D eigenvalue weighted by Crippen LogP contribution is 2.19. The van der Waals surface area contributed by atoms with Crippen molar-refractivity contribution in [3.63, 3.8) is 0 Å². The first-order chi connectivity index (χ1) is 7.71. The van der Waals surface area contributed by atoms with Gasteiger partial charge in [0.15, 0.2) is 5.13 Å². The van der Waals surface area contributed by atoms with Crippen molar-refractivity contribution < 1.29 is 14.4 Å². The van der Waals surface area contributed by atoms with Crippen LogP contribution < -0.4 is 10.8 Å². The Bertz CT molecular complexity index is 371. The zero-order valence-corrected chi connectivity index (χ0v) is 9.89. The van der Waals surface area contributed by atoms with Crippen molar-refractivity contribution in [1.82, 2.24) is 10.5 Å². The monoisotopic (exact) mass is 262 g/mol. The maximum Gasteiger partial charge on any atom is 0.241 e. The van der Waals surface area contributed by atoms with Crippen LogP contribution in [0.3, 0.4) is 0 Å². The number of alkyl halides is 1. The Balaban J connectivity index is 2.69. The van der Waals surface area contributed by atoms with Gasteiger partial charge in [-0.25, -0.2) is 4.98 Å². The summed E-state index contributed by atoms with van der Waals surface area (Å²) in [4.78, 5) is 30.1. The Morgan fingerprint density at radius 2 is 2.56 bits per heavy atom. The fraction of sp³-hybridized carbons (Fsp3) is 0.375. The van der Waals surface area contributed by atoms with Gasteiger partial charge in [-0.05, 0) is 0 Å². The molecule has 1 rings (SSSR count). The molecule has 87 valence electrons. The molecule has 1 heterocycles. The number of amides is 1. The first-order valence-electron chi connectivity index (χ1n) is 4.18. The van der Waals surface area contributed by atoms with Crippen LogP contribution in [0.5, 0.6) is 0 Å². The Hall–Kier alpha value is -1.02. The molecule has 1 radical (unpaired) electrons. The molecular weight excluding hydrogens is 254 g/mol. The molecule has 0 bridgehead atoms. The maximum absolute atomic E-state index is 11.0. The van der Waals surface area contributed by atoms with Gasteiger partial charge in [0.25, 0.3) is 0 Å². The molecule has 0 spiro atoms. The van der Waals surface area contributed by atoms with E-state index in [-0.39, 0.29) is 11.8 Å². The van der Waals surface area contributed by atoms with Crippen molar-refractivity contribution >= 4 is 40.3 Å². The lowest BCUT2D eigenvalue weighted by Crippen LogP contribution is -2.21. The summed E-state index contributed by atoms with van der Waals surface area (Å²) in [5.74, 6) is -0.497. The van der Waals surface area contributed by atoms with Gasteiger partial charge in [-0.15, -0.1) is 22.9 Å². The number of carbonyl (C=O) groups excluding carboxylic acids is 2. The summed E-state index contributed by atoms with van der Waals surface area (Å²) < 4.78 is 0. The average molecular weight is 263 g/mol. The second kappa shape index (κ2) is 6.54. The van der Waals surface area contributed by atoms with Crippen molar-refractivity contribution in [2.24, 2.45) is 0 Å². The molecule has 0 fully saturated rings. The van der Waals surface area contributed by atoms with Crippen molar-refractivity contribution in [3.8, 4) is 0 Å². The first kappa shape index (κ1) is 13.0. The van der Waals surface area contributed by atoms with Crippen molar-refractivity contribution in [3.05, 3.63) is 11.1 Å². The fourth-order valence-electron chi connectivity index (χ4n) is 0.891. The van der Waals surface area contributed by atoms with Crippen LogP contribution in [-0.2, 0) is 14.4 Å². The molecule has 1 unspecified atom stereocenters. The molecule has 1 atom stereocenters. The lowest BCUT2D eigenvalue weighted by atomic mass is 10.3. The number of carbonyl (C=O) groups is 1. The molecule has 0 aliphatic carbocycles. The van der Waals surface area contributed by atoms with Crippen LogP contribution in [0.2, 0.25) is 0 Å². The van der Waals surface area contributed by atoms with Gasteiger partial charge < -0.3 is 10.2 Å². The van der Waals surface area contributed by atoms with Crippen LogP contribution in [0.15, 0.2) is 5.38 Å². The third-order valence-electron chi connectivity index (χ3n) is 1.54. The first-order valence-corrected chi connectivity index (χ1v) is 5.60. The second-order valence-electron chi connectivity index (χ2n) is 2.63. The quantitative estimate of drug-likeness (QED) is 0.580. The number of hydrogen-bond donors (Lipinski definition) is 2. The molecule has 0 aliphatic rings. The predicted octanol–water partition coefficient (Wildman–Crippen LogP) is 0.622. The number of hydrogen-bond acceptors (Lipinski definition) is 6. The Morgan fingerprint density at radius 1 is 1.81 bits per heavy atom. The third-order valence-corrected chi connectivity index (χ3v) is 2.56. The Labute approximate surface area is 101 Å². The molecule has 1 amide bonds. The van der Waals surface area contributed by atoms with Gasteiger partial charge in [0, 0.05) is 5.38 Å². The van der Waals surface area contributed by atoms with Crippen LogP contribution in [0.1, 0.15) is 11.7 Å². The summed E-state index contributed by atoms with van der Waals surface area (Å²) in [5.41, 5.74) is 2.83. The highest BCUT2D eigenvalue weighted by Gasteiger charge is 2.15. The average Bonchev–Trinajstić information content (AvgIpc) is 2.74. The SMILES string of the molecule is CONC([C]=O)c1csc(NC(=O)CCl)n1. The van der Waals surface area contributed by atoms with Gasteiger partial charge >= 0.3 is 0 Å². The summed E-state index contributed by atoms with van der Waals surface area (Å²) >= 11 is 6.51. The van der Waals surface area contributed by atoms with E-state index in [9.17, 15) is 9.59 Å². The van der Waals surface area contributed by atoms with E-state index in [0.717, 1.165) is 0 Å². The van der Waals surface area contributed by atoms with Crippen molar-refractivity contribution in [2.75, 3.05) is 18.3 Å². The predicted molar refractivity (Wildman–Crippen MR) is 60.0 cm³/mol. The number of nitrogens with one attached hydrogen (secondary N) is 2. The fourth-order valence-corrected chi connectivity index (χ4v) is 1.71. The zero-order chi connectivity index (χ0) is 12.0. The van der Waals surface area contributed by atoms with E-state index in [1.54, 1.807) is 11.7 Å². The number of aromatic nitrogens is 1. The van der Waals surface area contributed by atoms with E-state index in [2.05, 4.69) is 20.6 Å². The van der Waals surface area contributed by atoms with E-state index in [4.69, 9.17) is 11.6 Å². The molecule has 1 aromatic rings. The summed E-state index contributed by atoms with van der Waals surface area (Å²) in [7, 11) is 1.38. The Kier molecular flexibility index (Phi) is 5.33. The molecule has 16 heavy (non-hydrogen) atoms. The minimum absolute atomic E-state index is 0.144. The molecule has 0 saturated carbocycles. The zero-order valence-electron chi connectivity index (χ0n) is 8.32. The summed E-state index contributed by atoms with van der Waals surface area (Å²) in [6.45, 7) is 0. The molecular formula is C8H9ClN3O3S. The van der Waals surface area contributed by atoms with Crippen LogP contribution in [0, 0.1) is 0 Å². The summed E-state index contributed by atoms with van der Waals surface area (Å²) in [6.07, 6.45) is 1.72. The van der Waals surface area contributed by atoms with Crippen molar-refractivity contribution in [2.45, 2.75) is 6.04 Å². The number of hydroxylamine groups is 1. The van der Waals surface area contributed by atoms with E-state index < -0.39 is 6.04 Å². The lowest BCUT2D eigenvalue weighted by molar-refractivity contribution is -0.113. The minimum atomic E-state index is -0.775. The number of thiazole rings is 1. The minimum Gasteiger partial charge on any atom is -0.304 e. The van der Waals surface area contributed by atoms with Gasteiger partial charge in [-0.3, -0.25) is 9.59 Å². The van der Waals surface area contributed by atoms with Crippen LogP contribution in [0.4, 0.5) is 5.13 Å². The van der Waals surface area contributed by atoms with E-state index in [0.29, 0.717) is 10.8 Å². The van der Waals surface area contributed by atoms with Crippen LogP contribution in [-0.4, -0.2) is 30.2 Å². The van der Waals surface area contributed by atoms with E-state index in [1.807, 2.05) is 0 Å². The third kappa shape index (κ3) is 3.53. The highest BCUT2D eigenvalue weighted by molar-refractivity contribution is 7.14. The molecule has 0 saturated heterocycles. The summed E-state index contributed by atoms with van der Waals surface area (Å²) in [5, 5.41) is 4.46. The molecule has 0 aliphatic heterocycles. The second-order valence-corrected chi connectivity index (χ2v) is 3.76. The standard InChI is InChI=1S/C8H9ClN3O3S/c1-15-12-5(3-13)6-4-16-8(10-6)11-7(14)2-9/h4-5,12H,2H2,1H3,(H,10,11,14). The largest absolute Gasteiger partial charge is 0.304 e. The molecule has 6 nitrogen and oxygen atoms in total. The molecule has 1 aromatic heterocycles. The topological polar surface area (TPSA) is 80.3 Å². The van der Waals surface area contributed by atoms with Gasteiger partial charge in [-0.2, -0.15) is 5.48 Å². The maximum atomic E-state index is 11.0. The van der Waals surface area contributed by atoms with Gasteiger partial charge in [0.1, 0.15) is 11.9 Å². The van der Waals surface area contributed by atoms with E-state index in [1.165, 1.54) is 18.4 Å². The summed E-state index contributed by atoms with van der Waals surface area (Å²) in [6, 6.07) is -0.775. The normalized spacial score (nSPS) is 12.1. The van der Waals surface area contributed by atoms with Crippen molar-refractivity contribution in [1.29, 1.82) is 0 Å². The van der Waals surface area contributed by atoms with Crippen LogP contribution in [0.25, 0.3) is 0 Å². The number of anilines is 1. The van der Waals surface area contributed by atoms with Gasteiger partial charge in [0.2, 0.25) is 12.2 Å². The number of halogens is 1. The molecule has 2 N–H and O–H groups in total. The van der Waals surface area contributed by atoms with Gasteiger partial charge in [0.05, 0.1) is 12.8 Å². The lowest BCUT2D eigenvalue weighted by Gasteiger charge is -2.05.